The van der Waals surface area contributed by atoms with Crippen molar-refractivity contribution in [1.82, 2.24) is 15.2 Å². The van der Waals surface area contributed by atoms with Crippen molar-refractivity contribution in [2.24, 2.45) is 0 Å². The van der Waals surface area contributed by atoms with Crippen LogP contribution in [0.3, 0.4) is 0 Å². The second-order valence-electron chi connectivity index (χ2n) is 10.7. The number of rotatable bonds is 6. The number of nitrogens with zero attached hydrogens (tertiary/aromatic N) is 3. The Balaban J connectivity index is 1.21. The summed E-state index contributed by atoms with van der Waals surface area (Å²) >= 11 is 0. The highest BCUT2D eigenvalue weighted by atomic mass is 19.4. The number of alkyl halides is 3. The van der Waals surface area contributed by atoms with E-state index in [1.807, 2.05) is 12.1 Å². The molecular formula is C28H34F3N5O2. The van der Waals surface area contributed by atoms with Crippen LogP contribution in [0.15, 0.2) is 42.6 Å². The molecule has 7 nitrogen and oxygen atoms in total. The van der Waals surface area contributed by atoms with Crippen molar-refractivity contribution < 1.29 is 22.8 Å². The van der Waals surface area contributed by atoms with Gasteiger partial charge in [-0.05, 0) is 81.4 Å². The summed E-state index contributed by atoms with van der Waals surface area (Å²) < 4.78 is 38.1. The number of urea groups is 1. The van der Waals surface area contributed by atoms with Gasteiger partial charge in [0, 0.05) is 24.2 Å². The molecule has 204 valence electrons. The second kappa shape index (κ2) is 10.9. The molecule has 1 aliphatic carbocycles. The third-order valence-electron chi connectivity index (χ3n) is 8.13. The molecule has 3 aliphatic rings. The molecule has 0 radical (unpaired) electrons. The largest absolute Gasteiger partial charge is 0.433 e. The van der Waals surface area contributed by atoms with Gasteiger partial charge in [-0.1, -0.05) is 25.0 Å². The molecule has 1 atom stereocenters. The molecule has 38 heavy (non-hydrogen) atoms. The fraction of sp³-hybridized carbons (Fsp3) is 0.536. The van der Waals surface area contributed by atoms with Gasteiger partial charge in [-0.3, -0.25) is 4.79 Å². The highest BCUT2D eigenvalue weighted by molar-refractivity contribution is 6.01. The molecule has 3 fully saturated rings. The molecule has 5 rings (SSSR count). The molecule has 2 aliphatic heterocycles. The van der Waals surface area contributed by atoms with E-state index in [1.165, 1.54) is 57.2 Å². The summed E-state index contributed by atoms with van der Waals surface area (Å²) in [5.41, 5.74) is 1.41. The van der Waals surface area contributed by atoms with Crippen LogP contribution >= 0.6 is 0 Å². The maximum absolute atomic E-state index is 13.2. The number of benzene rings is 1. The Kier molecular flexibility index (Phi) is 7.61. The number of likely N-dealkylation sites (tertiary alicyclic amines) is 1. The van der Waals surface area contributed by atoms with Crippen molar-refractivity contribution in [3.63, 3.8) is 0 Å². The van der Waals surface area contributed by atoms with Gasteiger partial charge in [0.2, 0.25) is 5.91 Å². The zero-order chi connectivity index (χ0) is 26.8. The fourth-order valence-electron chi connectivity index (χ4n) is 6.18. The van der Waals surface area contributed by atoms with Crippen molar-refractivity contribution >= 4 is 23.3 Å². The maximum Gasteiger partial charge on any atom is 0.433 e. The predicted molar refractivity (Wildman–Crippen MR) is 139 cm³/mol. The number of pyridine rings is 1. The molecule has 3 amide bonds. The van der Waals surface area contributed by atoms with E-state index in [-0.39, 0.29) is 17.0 Å². The molecule has 3 heterocycles. The van der Waals surface area contributed by atoms with Gasteiger partial charge < -0.3 is 20.4 Å². The Morgan fingerprint density at radius 3 is 2.32 bits per heavy atom. The summed E-state index contributed by atoms with van der Waals surface area (Å²) in [7, 11) is 0. The van der Waals surface area contributed by atoms with Crippen LogP contribution < -0.4 is 15.5 Å². The van der Waals surface area contributed by atoms with Crippen molar-refractivity contribution in [2.45, 2.75) is 69.0 Å². The van der Waals surface area contributed by atoms with Gasteiger partial charge in [0.05, 0.1) is 11.9 Å². The van der Waals surface area contributed by atoms with Crippen LogP contribution in [-0.4, -0.2) is 54.0 Å². The number of nitrogens with one attached hydrogen (secondary N) is 2. The standard InChI is InChI=1S/C28H34F3N5O2/c29-28(30,31)24-12-9-21(18-32-24)33-26(38)34-23-6-5-17-36(25(23)37)22-10-7-20(8-11-22)27(13-1-2-14-27)19-35-15-3-4-16-35/h7-12,18,23H,1-6,13-17,19H2,(H2,33,34,38). The van der Waals surface area contributed by atoms with E-state index in [4.69, 9.17) is 0 Å². The lowest BCUT2D eigenvalue weighted by Gasteiger charge is -2.35. The number of hydrogen-bond donors (Lipinski definition) is 2. The first-order chi connectivity index (χ1) is 18.2. The summed E-state index contributed by atoms with van der Waals surface area (Å²) in [6, 6.07) is 8.94. The monoisotopic (exact) mass is 529 g/mol. The minimum atomic E-state index is -4.55. The molecule has 1 aromatic heterocycles. The molecule has 0 bridgehead atoms. The summed E-state index contributed by atoms with van der Waals surface area (Å²) in [6.45, 7) is 4.03. The Bertz CT molecular complexity index is 1120. The lowest BCUT2D eigenvalue weighted by atomic mass is 9.78. The number of halogens is 3. The molecule has 1 unspecified atom stereocenters. The predicted octanol–water partition coefficient (Wildman–Crippen LogP) is 5.33. The van der Waals surface area contributed by atoms with Crippen LogP contribution in [0.25, 0.3) is 0 Å². The average molecular weight is 530 g/mol. The van der Waals surface area contributed by atoms with Crippen molar-refractivity contribution in [2.75, 3.05) is 36.4 Å². The molecule has 1 aromatic carbocycles. The van der Waals surface area contributed by atoms with Gasteiger partial charge in [0.1, 0.15) is 11.7 Å². The number of aromatic nitrogens is 1. The lowest BCUT2D eigenvalue weighted by Crippen LogP contribution is -2.53. The van der Waals surface area contributed by atoms with Gasteiger partial charge >= 0.3 is 12.2 Å². The van der Waals surface area contributed by atoms with Crippen LogP contribution in [0.5, 0.6) is 0 Å². The molecule has 1 saturated carbocycles. The summed E-state index contributed by atoms with van der Waals surface area (Å²) in [6.07, 6.45) is 5.05. The topological polar surface area (TPSA) is 77.6 Å². The quantitative estimate of drug-likeness (QED) is 0.531. The summed E-state index contributed by atoms with van der Waals surface area (Å²) in [4.78, 5) is 33.4. The van der Waals surface area contributed by atoms with Crippen molar-refractivity contribution in [1.29, 1.82) is 0 Å². The molecule has 2 N–H and O–H groups in total. The Hall–Kier alpha value is -3.14. The summed E-state index contributed by atoms with van der Waals surface area (Å²) in [5, 5.41) is 5.13. The third-order valence-corrected chi connectivity index (χ3v) is 8.13. The van der Waals surface area contributed by atoms with E-state index in [1.54, 1.807) is 4.90 Å². The van der Waals surface area contributed by atoms with Crippen LogP contribution in [0.1, 0.15) is 62.6 Å². The SMILES string of the molecule is O=C(Nc1ccc(C(F)(F)F)nc1)NC1CCCN(c2ccc(C3(CN4CCCC4)CCCC3)cc2)C1=O. The van der Waals surface area contributed by atoms with Gasteiger partial charge in [-0.25, -0.2) is 9.78 Å². The van der Waals surface area contributed by atoms with Gasteiger partial charge in [-0.2, -0.15) is 13.2 Å². The average Bonchev–Trinajstić information content (AvgIpc) is 3.59. The van der Waals surface area contributed by atoms with Crippen LogP contribution in [0.2, 0.25) is 0 Å². The zero-order valence-corrected chi connectivity index (χ0v) is 21.4. The van der Waals surface area contributed by atoms with Gasteiger partial charge in [0.25, 0.3) is 0 Å². The zero-order valence-electron chi connectivity index (χ0n) is 21.4. The highest BCUT2D eigenvalue weighted by Crippen LogP contribution is 2.43. The summed E-state index contributed by atoms with van der Waals surface area (Å²) in [5.74, 6) is -0.197. The number of anilines is 2. The Labute approximate surface area is 220 Å². The maximum atomic E-state index is 13.2. The number of amides is 3. The van der Waals surface area contributed by atoms with Gasteiger partial charge in [0.15, 0.2) is 0 Å². The van der Waals surface area contributed by atoms with Gasteiger partial charge in [-0.15, -0.1) is 0 Å². The molecule has 10 heteroatoms. The Morgan fingerprint density at radius 1 is 0.974 bits per heavy atom. The number of carbonyl (C=O) groups is 2. The van der Waals surface area contributed by atoms with Crippen molar-refractivity contribution in [3.8, 4) is 0 Å². The lowest BCUT2D eigenvalue weighted by molar-refractivity contribution is -0.141. The molecule has 2 saturated heterocycles. The normalized spacial score (nSPS) is 22.0. The van der Waals surface area contributed by atoms with Crippen LogP contribution in [-0.2, 0) is 16.4 Å². The van der Waals surface area contributed by atoms with Crippen LogP contribution in [0, 0.1) is 0 Å². The third kappa shape index (κ3) is 5.80. The van der Waals surface area contributed by atoms with E-state index >= 15 is 0 Å². The minimum absolute atomic E-state index is 0.112. The van der Waals surface area contributed by atoms with E-state index in [0.29, 0.717) is 13.0 Å². The first-order valence-electron chi connectivity index (χ1n) is 13.5. The smallest absolute Gasteiger partial charge is 0.326 e. The molecular weight excluding hydrogens is 495 g/mol. The van der Waals surface area contributed by atoms with E-state index in [0.717, 1.165) is 37.0 Å². The fourth-order valence-corrected chi connectivity index (χ4v) is 6.18. The first-order valence-corrected chi connectivity index (χ1v) is 13.5. The number of hydrogen-bond acceptors (Lipinski definition) is 4. The highest BCUT2D eigenvalue weighted by Gasteiger charge is 2.38. The van der Waals surface area contributed by atoms with E-state index in [2.05, 4.69) is 32.7 Å². The second-order valence-corrected chi connectivity index (χ2v) is 10.7. The Morgan fingerprint density at radius 2 is 1.68 bits per heavy atom. The number of piperidine rings is 1. The van der Waals surface area contributed by atoms with Crippen molar-refractivity contribution in [3.05, 3.63) is 53.9 Å². The first kappa shape index (κ1) is 26.5. The minimum Gasteiger partial charge on any atom is -0.326 e. The molecule has 2 aromatic rings. The van der Waals surface area contributed by atoms with Crippen LogP contribution in [0.4, 0.5) is 29.3 Å². The number of carbonyl (C=O) groups excluding carboxylic acids is 2. The van der Waals surface area contributed by atoms with E-state index < -0.39 is 23.9 Å². The molecule has 0 spiro atoms. The van der Waals surface area contributed by atoms with E-state index in [9.17, 15) is 22.8 Å².